The van der Waals surface area contributed by atoms with Crippen LogP contribution in [-0.2, 0) is 12.7 Å². The standard InChI is InChI=1S/C14H15F3N4O/c1-9-8-22-20-11(9)7-21-5-3-10(6-21)13-18-4-2-12(19-13)14(15,16)17/h2,4,8,10H,3,5-7H2,1H3. The van der Waals surface area contributed by atoms with Gasteiger partial charge < -0.3 is 4.52 Å². The van der Waals surface area contributed by atoms with Crippen LogP contribution in [0.5, 0.6) is 0 Å². The highest BCUT2D eigenvalue weighted by atomic mass is 19.4. The Labute approximate surface area is 125 Å². The van der Waals surface area contributed by atoms with Gasteiger partial charge in [0.25, 0.3) is 0 Å². The predicted octanol–water partition coefficient (Wildman–Crippen LogP) is 2.78. The zero-order chi connectivity index (χ0) is 15.7. The molecule has 0 aliphatic carbocycles. The zero-order valence-corrected chi connectivity index (χ0v) is 12.0. The number of nitrogens with zero attached hydrogens (tertiary/aromatic N) is 4. The summed E-state index contributed by atoms with van der Waals surface area (Å²) in [5.74, 6) is 0.170. The van der Waals surface area contributed by atoms with Crippen molar-refractivity contribution in [2.24, 2.45) is 0 Å². The number of likely N-dealkylation sites (tertiary alicyclic amines) is 1. The summed E-state index contributed by atoms with van der Waals surface area (Å²) >= 11 is 0. The molecular formula is C14H15F3N4O. The van der Waals surface area contributed by atoms with Crippen LogP contribution in [0.1, 0.15) is 35.1 Å². The van der Waals surface area contributed by atoms with Crippen molar-refractivity contribution in [2.45, 2.75) is 32.0 Å². The lowest BCUT2D eigenvalue weighted by molar-refractivity contribution is -0.141. The summed E-state index contributed by atoms with van der Waals surface area (Å²) in [6.45, 7) is 3.93. The molecule has 1 fully saturated rings. The molecular weight excluding hydrogens is 297 g/mol. The summed E-state index contributed by atoms with van der Waals surface area (Å²) in [6, 6.07) is 0.898. The first kappa shape index (κ1) is 15.0. The Kier molecular flexibility index (Phi) is 3.86. The molecule has 1 aliphatic rings. The third-order valence-electron chi connectivity index (χ3n) is 3.82. The smallest absolute Gasteiger partial charge is 0.364 e. The van der Waals surface area contributed by atoms with Gasteiger partial charge in [-0.05, 0) is 26.0 Å². The van der Waals surface area contributed by atoms with Crippen molar-refractivity contribution in [1.29, 1.82) is 0 Å². The Bertz CT molecular complexity index is 656. The molecule has 0 bridgehead atoms. The van der Waals surface area contributed by atoms with Crippen LogP contribution in [0.2, 0.25) is 0 Å². The van der Waals surface area contributed by atoms with Crippen LogP contribution in [-0.4, -0.2) is 33.1 Å². The fourth-order valence-electron chi connectivity index (χ4n) is 2.59. The SMILES string of the molecule is Cc1conc1CN1CCC(c2nccc(C(F)(F)F)n2)C1. The van der Waals surface area contributed by atoms with Gasteiger partial charge >= 0.3 is 6.18 Å². The van der Waals surface area contributed by atoms with E-state index in [2.05, 4.69) is 20.0 Å². The predicted molar refractivity (Wildman–Crippen MR) is 70.9 cm³/mol. The molecule has 0 amide bonds. The molecule has 0 spiro atoms. The highest BCUT2D eigenvalue weighted by molar-refractivity contribution is 5.13. The zero-order valence-electron chi connectivity index (χ0n) is 12.0. The van der Waals surface area contributed by atoms with Crippen molar-refractivity contribution in [3.8, 4) is 0 Å². The van der Waals surface area contributed by atoms with E-state index in [1.54, 1.807) is 6.26 Å². The second-order valence-corrected chi connectivity index (χ2v) is 5.46. The van der Waals surface area contributed by atoms with Crippen LogP contribution >= 0.6 is 0 Å². The molecule has 118 valence electrons. The lowest BCUT2D eigenvalue weighted by Gasteiger charge is -2.14. The molecule has 8 heteroatoms. The summed E-state index contributed by atoms with van der Waals surface area (Å²) in [5.41, 5.74) is 0.938. The molecule has 1 atom stereocenters. The minimum atomic E-state index is -4.44. The van der Waals surface area contributed by atoms with E-state index in [0.29, 0.717) is 13.1 Å². The van der Waals surface area contributed by atoms with E-state index in [-0.39, 0.29) is 11.7 Å². The van der Waals surface area contributed by atoms with E-state index >= 15 is 0 Å². The quantitative estimate of drug-likeness (QED) is 0.872. The maximum absolute atomic E-state index is 12.7. The molecule has 1 unspecified atom stereocenters. The molecule has 22 heavy (non-hydrogen) atoms. The van der Waals surface area contributed by atoms with E-state index < -0.39 is 11.9 Å². The maximum Gasteiger partial charge on any atom is 0.433 e. The van der Waals surface area contributed by atoms with Crippen molar-refractivity contribution < 1.29 is 17.7 Å². The van der Waals surface area contributed by atoms with Crippen molar-refractivity contribution >= 4 is 0 Å². The largest absolute Gasteiger partial charge is 0.433 e. The molecule has 2 aromatic rings. The average molecular weight is 312 g/mol. The lowest BCUT2D eigenvalue weighted by atomic mass is 10.1. The minimum absolute atomic E-state index is 0.0884. The first-order chi connectivity index (χ1) is 10.4. The lowest BCUT2D eigenvalue weighted by Crippen LogP contribution is -2.21. The van der Waals surface area contributed by atoms with E-state index in [1.807, 2.05) is 6.92 Å². The first-order valence-corrected chi connectivity index (χ1v) is 6.96. The van der Waals surface area contributed by atoms with Gasteiger partial charge in [-0.15, -0.1) is 0 Å². The normalized spacial score (nSPS) is 19.7. The van der Waals surface area contributed by atoms with E-state index in [1.165, 1.54) is 6.20 Å². The summed E-state index contributed by atoms with van der Waals surface area (Å²) in [5, 5.41) is 3.93. The van der Waals surface area contributed by atoms with Crippen molar-refractivity contribution in [3.63, 3.8) is 0 Å². The monoisotopic (exact) mass is 312 g/mol. The van der Waals surface area contributed by atoms with Gasteiger partial charge in [0.1, 0.15) is 23.5 Å². The number of aryl methyl sites for hydroxylation is 1. The topological polar surface area (TPSA) is 55.1 Å². The van der Waals surface area contributed by atoms with E-state index in [9.17, 15) is 13.2 Å². The average Bonchev–Trinajstić information content (AvgIpc) is 3.09. The van der Waals surface area contributed by atoms with Crippen molar-refractivity contribution in [3.05, 3.63) is 41.3 Å². The Morgan fingerprint density at radius 3 is 2.91 bits per heavy atom. The van der Waals surface area contributed by atoms with Gasteiger partial charge in [-0.2, -0.15) is 13.2 Å². The Morgan fingerprint density at radius 1 is 1.41 bits per heavy atom. The third kappa shape index (κ3) is 3.11. The molecule has 0 aromatic carbocycles. The number of hydrogen-bond donors (Lipinski definition) is 0. The molecule has 2 aromatic heterocycles. The number of alkyl halides is 3. The first-order valence-electron chi connectivity index (χ1n) is 6.96. The highest BCUT2D eigenvalue weighted by Gasteiger charge is 2.34. The van der Waals surface area contributed by atoms with Gasteiger partial charge in [-0.3, -0.25) is 4.90 Å². The number of hydrogen-bond acceptors (Lipinski definition) is 5. The van der Waals surface area contributed by atoms with Crippen molar-refractivity contribution in [2.75, 3.05) is 13.1 Å². The van der Waals surface area contributed by atoms with Crippen LogP contribution in [0.3, 0.4) is 0 Å². The summed E-state index contributed by atoms with van der Waals surface area (Å²) < 4.78 is 43.0. The highest BCUT2D eigenvalue weighted by Crippen LogP contribution is 2.30. The van der Waals surface area contributed by atoms with Crippen LogP contribution in [0.15, 0.2) is 23.0 Å². The minimum Gasteiger partial charge on any atom is -0.364 e. The van der Waals surface area contributed by atoms with Crippen LogP contribution in [0.25, 0.3) is 0 Å². The molecule has 5 nitrogen and oxygen atoms in total. The van der Waals surface area contributed by atoms with Gasteiger partial charge in [-0.1, -0.05) is 5.16 Å². The Morgan fingerprint density at radius 2 is 2.23 bits per heavy atom. The van der Waals surface area contributed by atoms with Crippen molar-refractivity contribution in [1.82, 2.24) is 20.0 Å². The second kappa shape index (κ2) is 5.68. The molecule has 0 saturated carbocycles. The van der Waals surface area contributed by atoms with Gasteiger partial charge in [0, 0.05) is 30.8 Å². The fraction of sp³-hybridized carbons (Fsp3) is 0.500. The summed E-state index contributed by atoms with van der Waals surface area (Å²) in [6.07, 6.45) is -0.944. The fourth-order valence-corrected chi connectivity index (χ4v) is 2.59. The van der Waals surface area contributed by atoms with Gasteiger partial charge in [-0.25, -0.2) is 9.97 Å². The van der Waals surface area contributed by atoms with Gasteiger partial charge in [0.2, 0.25) is 0 Å². The number of halogens is 3. The molecule has 1 aliphatic heterocycles. The third-order valence-corrected chi connectivity index (χ3v) is 3.82. The second-order valence-electron chi connectivity index (χ2n) is 5.46. The summed E-state index contributed by atoms with van der Waals surface area (Å²) in [4.78, 5) is 9.81. The van der Waals surface area contributed by atoms with Crippen LogP contribution in [0, 0.1) is 6.92 Å². The Balaban J connectivity index is 1.69. The van der Waals surface area contributed by atoms with E-state index in [0.717, 1.165) is 30.3 Å². The number of rotatable bonds is 3. The van der Waals surface area contributed by atoms with Gasteiger partial charge in [0.15, 0.2) is 0 Å². The molecule has 1 saturated heterocycles. The number of aromatic nitrogens is 3. The van der Waals surface area contributed by atoms with Crippen LogP contribution < -0.4 is 0 Å². The maximum atomic E-state index is 12.7. The molecule has 3 rings (SSSR count). The summed E-state index contributed by atoms with van der Waals surface area (Å²) in [7, 11) is 0. The molecule has 0 N–H and O–H groups in total. The Hall–Kier alpha value is -1.96. The molecule has 0 radical (unpaired) electrons. The van der Waals surface area contributed by atoms with Crippen LogP contribution in [0.4, 0.5) is 13.2 Å². The van der Waals surface area contributed by atoms with Gasteiger partial charge in [0.05, 0.1) is 0 Å². The molecule has 3 heterocycles. The van der Waals surface area contributed by atoms with E-state index in [4.69, 9.17) is 4.52 Å².